The van der Waals surface area contributed by atoms with E-state index in [4.69, 9.17) is 14.2 Å². The number of nitrogens with zero attached hydrogens (tertiary/aromatic N) is 4. The molecule has 0 bridgehead atoms. The number of aliphatic hydroxyl groups excluding tert-OH is 3. The molecule has 3 heterocycles. The maximum Gasteiger partial charge on any atom is 0.167 e. The number of ether oxygens (including phenoxy) is 3. The topological polar surface area (TPSA) is 144 Å². The van der Waals surface area contributed by atoms with Crippen molar-refractivity contribution in [2.45, 2.75) is 31.0 Å². The van der Waals surface area contributed by atoms with Crippen LogP contribution in [0.3, 0.4) is 0 Å². The first kappa shape index (κ1) is 21.2. The minimum atomic E-state index is -1.22. The van der Waals surface area contributed by atoms with Crippen molar-refractivity contribution in [1.82, 2.24) is 19.5 Å². The van der Waals surface area contributed by atoms with Gasteiger partial charge in [-0.3, -0.25) is 4.57 Å². The van der Waals surface area contributed by atoms with Gasteiger partial charge < -0.3 is 34.8 Å². The van der Waals surface area contributed by atoms with Gasteiger partial charge in [-0.2, -0.15) is 0 Å². The fourth-order valence-electron chi connectivity index (χ4n) is 3.61. The second-order valence-corrected chi connectivity index (χ2v) is 7.17. The third kappa shape index (κ3) is 4.12. The van der Waals surface area contributed by atoms with E-state index in [0.29, 0.717) is 29.9 Å². The van der Waals surface area contributed by atoms with Crippen molar-refractivity contribution in [3.05, 3.63) is 36.4 Å². The smallest absolute Gasteiger partial charge is 0.167 e. The summed E-state index contributed by atoms with van der Waals surface area (Å²) >= 11 is 0. The van der Waals surface area contributed by atoms with Crippen LogP contribution in [0.1, 0.15) is 11.8 Å². The summed E-state index contributed by atoms with van der Waals surface area (Å²) in [5.41, 5.74) is 1.98. The molecule has 0 amide bonds. The average molecular weight is 431 g/mol. The minimum absolute atomic E-state index is 0.405. The summed E-state index contributed by atoms with van der Waals surface area (Å²) in [5, 5.41) is 32.9. The molecule has 0 radical (unpaired) electrons. The zero-order valence-electron chi connectivity index (χ0n) is 17.2. The number of imidazole rings is 1. The summed E-state index contributed by atoms with van der Waals surface area (Å²) in [7, 11) is 3.22. The summed E-state index contributed by atoms with van der Waals surface area (Å²) in [4.78, 5) is 12.9. The van der Waals surface area contributed by atoms with Crippen LogP contribution in [0.15, 0.2) is 30.9 Å². The highest BCUT2D eigenvalue weighted by Crippen LogP contribution is 2.32. The quantitative estimate of drug-likeness (QED) is 0.388. The van der Waals surface area contributed by atoms with Crippen LogP contribution in [-0.2, 0) is 11.2 Å². The Balaban J connectivity index is 1.50. The van der Waals surface area contributed by atoms with Crippen molar-refractivity contribution in [3.8, 4) is 11.5 Å². The van der Waals surface area contributed by atoms with Crippen LogP contribution >= 0.6 is 0 Å². The fourth-order valence-corrected chi connectivity index (χ4v) is 3.61. The van der Waals surface area contributed by atoms with E-state index < -0.39 is 31.1 Å². The molecule has 4 N–H and O–H groups in total. The van der Waals surface area contributed by atoms with Gasteiger partial charge in [-0.05, 0) is 24.1 Å². The maximum atomic E-state index is 10.3. The molecule has 1 aliphatic heterocycles. The molecule has 1 aromatic carbocycles. The molecule has 1 fully saturated rings. The van der Waals surface area contributed by atoms with Gasteiger partial charge in [-0.1, -0.05) is 0 Å². The number of hydrogen-bond donors (Lipinski definition) is 4. The first-order valence-electron chi connectivity index (χ1n) is 9.81. The molecule has 11 heteroatoms. The zero-order chi connectivity index (χ0) is 22.0. The molecule has 31 heavy (non-hydrogen) atoms. The van der Waals surface area contributed by atoms with Gasteiger partial charge in [0.1, 0.15) is 36.1 Å². The molecule has 3 aromatic rings. The third-order valence-corrected chi connectivity index (χ3v) is 5.27. The van der Waals surface area contributed by atoms with Crippen LogP contribution in [0, 0.1) is 0 Å². The molecule has 0 unspecified atom stereocenters. The molecule has 0 aliphatic carbocycles. The number of aliphatic hydroxyl groups is 3. The SMILES string of the molecule is COc1cc(CCNc2ncnc3c2ncn3[C@@H]2O[C@H](CO)[C@@H](O)[C@H]2O)cc(OC)c1. The van der Waals surface area contributed by atoms with Gasteiger partial charge in [-0.15, -0.1) is 0 Å². The number of methoxy groups -OCH3 is 2. The van der Waals surface area contributed by atoms with Crippen molar-refractivity contribution in [2.24, 2.45) is 0 Å². The Morgan fingerprint density at radius 1 is 1.06 bits per heavy atom. The van der Waals surface area contributed by atoms with Crippen molar-refractivity contribution in [3.63, 3.8) is 0 Å². The van der Waals surface area contributed by atoms with Gasteiger partial charge in [0.25, 0.3) is 0 Å². The van der Waals surface area contributed by atoms with E-state index in [9.17, 15) is 15.3 Å². The van der Waals surface area contributed by atoms with E-state index in [1.807, 2.05) is 18.2 Å². The Hall–Kier alpha value is -2.99. The molecule has 11 nitrogen and oxygen atoms in total. The standard InChI is InChI=1S/C20H25N5O6/c1-29-12-5-11(6-13(7-12)30-2)3-4-21-18-15-19(23-9-22-18)25(10-24-15)20-17(28)16(27)14(8-26)31-20/h5-7,9-10,14,16-17,20,26-28H,3-4,8H2,1-2H3,(H,21,22,23)/t14-,16-,17-,20-/m1/s1. The predicted octanol–water partition coefficient (Wildman–Crippen LogP) is 0.110. The van der Waals surface area contributed by atoms with Gasteiger partial charge in [0.2, 0.25) is 0 Å². The van der Waals surface area contributed by atoms with Crippen LogP contribution in [0.5, 0.6) is 11.5 Å². The number of anilines is 1. The zero-order valence-corrected chi connectivity index (χ0v) is 17.2. The van der Waals surface area contributed by atoms with E-state index in [1.165, 1.54) is 17.2 Å². The second kappa shape index (κ2) is 9.02. The minimum Gasteiger partial charge on any atom is -0.497 e. The van der Waals surface area contributed by atoms with Gasteiger partial charge >= 0.3 is 0 Å². The highest BCUT2D eigenvalue weighted by atomic mass is 16.6. The lowest BCUT2D eigenvalue weighted by Crippen LogP contribution is -2.33. The highest BCUT2D eigenvalue weighted by molar-refractivity contribution is 5.82. The van der Waals surface area contributed by atoms with E-state index >= 15 is 0 Å². The van der Waals surface area contributed by atoms with Crippen LogP contribution < -0.4 is 14.8 Å². The summed E-state index contributed by atoms with van der Waals surface area (Å²) < 4.78 is 17.7. The van der Waals surface area contributed by atoms with Crippen LogP contribution in [0.25, 0.3) is 11.2 Å². The first-order valence-corrected chi connectivity index (χ1v) is 9.81. The molecule has 0 saturated carbocycles. The van der Waals surface area contributed by atoms with Crippen molar-refractivity contribution in [2.75, 3.05) is 32.7 Å². The Morgan fingerprint density at radius 3 is 2.45 bits per heavy atom. The largest absolute Gasteiger partial charge is 0.497 e. The monoisotopic (exact) mass is 431 g/mol. The molecule has 4 atom stereocenters. The molecule has 1 aliphatic rings. The molecular formula is C20H25N5O6. The summed E-state index contributed by atoms with van der Waals surface area (Å²) in [6.45, 7) is 0.168. The number of aromatic nitrogens is 4. The molecule has 4 rings (SSSR count). The van der Waals surface area contributed by atoms with Crippen LogP contribution in [0.4, 0.5) is 5.82 Å². The first-order chi connectivity index (χ1) is 15.0. The third-order valence-electron chi connectivity index (χ3n) is 5.27. The number of fused-ring (bicyclic) bond motifs is 1. The average Bonchev–Trinajstić information content (AvgIpc) is 3.35. The van der Waals surface area contributed by atoms with Gasteiger partial charge in [0.15, 0.2) is 23.2 Å². The lowest BCUT2D eigenvalue weighted by Gasteiger charge is -2.16. The Bertz CT molecular complexity index is 1020. The Kier molecular flexibility index (Phi) is 6.18. The van der Waals surface area contributed by atoms with E-state index in [2.05, 4.69) is 20.3 Å². The van der Waals surface area contributed by atoms with Gasteiger partial charge in [0, 0.05) is 12.6 Å². The van der Waals surface area contributed by atoms with Crippen LogP contribution in [0.2, 0.25) is 0 Å². The van der Waals surface area contributed by atoms with E-state index in [1.54, 1.807) is 14.2 Å². The molecular weight excluding hydrogens is 406 g/mol. The van der Waals surface area contributed by atoms with E-state index in [0.717, 1.165) is 17.1 Å². The second-order valence-electron chi connectivity index (χ2n) is 7.17. The van der Waals surface area contributed by atoms with Crippen molar-refractivity contribution >= 4 is 17.0 Å². The number of benzene rings is 1. The Labute approximate surface area is 178 Å². The summed E-state index contributed by atoms with van der Waals surface area (Å²) in [6, 6.07) is 5.70. The summed E-state index contributed by atoms with van der Waals surface area (Å²) in [5.74, 6) is 1.97. The fraction of sp³-hybridized carbons (Fsp3) is 0.450. The number of rotatable bonds is 8. The van der Waals surface area contributed by atoms with Crippen molar-refractivity contribution < 1.29 is 29.5 Å². The highest BCUT2D eigenvalue weighted by Gasteiger charge is 2.44. The number of nitrogens with one attached hydrogen (secondary N) is 1. The normalized spacial score (nSPS) is 23.3. The lowest BCUT2D eigenvalue weighted by atomic mass is 10.1. The number of hydrogen-bond acceptors (Lipinski definition) is 10. The lowest BCUT2D eigenvalue weighted by molar-refractivity contribution is -0.0511. The van der Waals surface area contributed by atoms with Gasteiger partial charge in [-0.25, -0.2) is 15.0 Å². The molecule has 0 spiro atoms. The molecule has 166 valence electrons. The maximum absolute atomic E-state index is 10.3. The van der Waals surface area contributed by atoms with Crippen LogP contribution in [-0.4, -0.2) is 80.5 Å². The predicted molar refractivity (Wildman–Crippen MR) is 110 cm³/mol. The summed E-state index contributed by atoms with van der Waals surface area (Å²) in [6.07, 6.45) is -0.665. The Morgan fingerprint density at radius 2 is 1.81 bits per heavy atom. The molecule has 1 saturated heterocycles. The van der Waals surface area contributed by atoms with Crippen molar-refractivity contribution in [1.29, 1.82) is 0 Å². The van der Waals surface area contributed by atoms with E-state index in [-0.39, 0.29) is 0 Å². The van der Waals surface area contributed by atoms with Gasteiger partial charge in [0.05, 0.1) is 27.2 Å². The molecule has 2 aromatic heterocycles.